The van der Waals surface area contributed by atoms with Crippen LogP contribution in [0.1, 0.15) is 32.3 Å². The lowest BCUT2D eigenvalue weighted by Crippen LogP contribution is -2.22. The quantitative estimate of drug-likeness (QED) is 0.720. The Hall–Kier alpha value is -2.56. The average molecular weight is 341 g/mol. The van der Waals surface area contributed by atoms with Crippen LogP contribution in [0, 0.1) is 5.92 Å². The number of hydrogen-bond donors (Lipinski definition) is 2. The lowest BCUT2D eigenvalue weighted by atomic mass is 10.0. The van der Waals surface area contributed by atoms with Crippen molar-refractivity contribution in [2.24, 2.45) is 5.92 Å². The van der Waals surface area contributed by atoms with Crippen molar-refractivity contribution >= 4 is 17.4 Å². The molecule has 0 bridgehead atoms. The summed E-state index contributed by atoms with van der Waals surface area (Å²) in [4.78, 5) is 16.4. The molecule has 5 heteroatoms. The van der Waals surface area contributed by atoms with Gasteiger partial charge in [-0.1, -0.05) is 32.0 Å². The third-order valence-electron chi connectivity index (χ3n) is 4.29. The first-order valence-electron chi connectivity index (χ1n) is 8.80. The van der Waals surface area contributed by atoms with Crippen LogP contribution in [-0.2, 0) is 11.2 Å². The molecule has 1 aromatic carbocycles. The number of amides is 1. The summed E-state index contributed by atoms with van der Waals surface area (Å²) in [5.74, 6) is 1.57. The molecule has 1 amide bonds. The maximum absolute atomic E-state index is 12.1. The van der Waals surface area contributed by atoms with E-state index in [1.54, 1.807) is 13.3 Å². The molecule has 0 spiro atoms. The number of benzene rings is 1. The number of rotatable bonds is 9. The van der Waals surface area contributed by atoms with Gasteiger partial charge in [0, 0.05) is 12.5 Å². The zero-order chi connectivity index (χ0) is 18.1. The lowest BCUT2D eigenvalue weighted by molar-refractivity contribution is -0.120. The molecular formula is C20H27N3O2. The summed E-state index contributed by atoms with van der Waals surface area (Å²) < 4.78 is 5.36. The Kier molecular flexibility index (Phi) is 7.26. The van der Waals surface area contributed by atoms with E-state index in [4.69, 9.17) is 4.74 Å². The van der Waals surface area contributed by atoms with Gasteiger partial charge in [-0.2, -0.15) is 0 Å². The van der Waals surface area contributed by atoms with Gasteiger partial charge in [0.05, 0.1) is 19.0 Å². The van der Waals surface area contributed by atoms with Crippen LogP contribution in [0.2, 0.25) is 0 Å². The van der Waals surface area contributed by atoms with Crippen LogP contribution in [0.3, 0.4) is 0 Å². The molecule has 134 valence electrons. The predicted octanol–water partition coefficient (Wildman–Crippen LogP) is 4.12. The molecule has 2 aromatic rings. The highest BCUT2D eigenvalue weighted by atomic mass is 16.5. The SMILES string of the molecule is CCC(CC)C(=O)Nc1ccc(NCCc2ccccc2OC)cn1. The van der Waals surface area contributed by atoms with E-state index in [1.807, 2.05) is 44.2 Å². The highest BCUT2D eigenvalue weighted by Crippen LogP contribution is 2.18. The minimum absolute atomic E-state index is 0.0365. The lowest BCUT2D eigenvalue weighted by Gasteiger charge is -2.13. The molecule has 0 radical (unpaired) electrons. The van der Waals surface area contributed by atoms with Crippen LogP contribution in [0.4, 0.5) is 11.5 Å². The van der Waals surface area contributed by atoms with Gasteiger partial charge in [0.2, 0.25) is 5.91 Å². The van der Waals surface area contributed by atoms with Crippen LogP contribution < -0.4 is 15.4 Å². The average Bonchev–Trinajstić information content (AvgIpc) is 2.64. The van der Waals surface area contributed by atoms with Crippen molar-refractivity contribution in [3.05, 3.63) is 48.2 Å². The van der Waals surface area contributed by atoms with Crippen molar-refractivity contribution in [2.45, 2.75) is 33.1 Å². The number of carbonyl (C=O) groups is 1. The Morgan fingerprint density at radius 2 is 1.92 bits per heavy atom. The number of aromatic nitrogens is 1. The molecule has 0 saturated heterocycles. The van der Waals surface area contributed by atoms with Crippen molar-refractivity contribution in [3.8, 4) is 5.75 Å². The summed E-state index contributed by atoms with van der Waals surface area (Å²) in [7, 11) is 1.69. The molecule has 0 saturated carbocycles. The summed E-state index contributed by atoms with van der Waals surface area (Å²) in [6, 6.07) is 11.8. The van der Waals surface area contributed by atoms with Crippen molar-refractivity contribution < 1.29 is 9.53 Å². The molecule has 0 aliphatic carbocycles. The summed E-state index contributed by atoms with van der Waals surface area (Å²) in [6.07, 6.45) is 4.28. The minimum atomic E-state index is 0.0365. The highest BCUT2D eigenvalue weighted by Gasteiger charge is 2.14. The second-order valence-electron chi connectivity index (χ2n) is 5.92. The minimum Gasteiger partial charge on any atom is -0.496 e. The fourth-order valence-corrected chi connectivity index (χ4v) is 2.71. The third kappa shape index (κ3) is 5.48. The van der Waals surface area contributed by atoms with E-state index in [-0.39, 0.29) is 11.8 Å². The number of pyridine rings is 1. The number of nitrogens with one attached hydrogen (secondary N) is 2. The molecule has 0 fully saturated rings. The van der Waals surface area contributed by atoms with Crippen molar-refractivity contribution in [1.29, 1.82) is 0 Å². The van der Waals surface area contributed by atoms with Gasteiger partial charge >= 0.3 is 0 Å². The zero-order valence-corrected chi connectivity index (χ0v) is 15.2. The highest BCUT2D eigenvalue weighted by molar-refractivity contribution is 5.91. The molecule has 5 nitrogen and oxygen atoms in total. The van der Waals surface area contributed by atoms with E-state index in [0.717, 1.165) is 37.2 Å². The number of carbonyl (C=O) groups excluding carboxylic acids is 1. The third-order valence-corrected chi connectivity index (χ3v) is 4.29. The molecule has 0 aliphatic rings. The molecular weight excluding hydrogens is 314 g/mol. The monoisotopic (exact) mass is 341 g/mol. The normalized spacial score (nSPS) is 10.6. The van der Waals surface area contributed by atoms with Crippen LogP contribution in [-0.4, -0.2) is 24.5 Å². The Balaban J connectivity index is 1.85. The molecule has 1 heterocycles. The maximum Gasteiger partial charge on any atom is 0.228 e. The van der Waals surface area contributed by atoms with E-state index in [2.05, 4.69) is 21.7 Å². The van der Waals surface area contributed by atoms with Crippen LogP contribution in [0.25, 0.3) is 0 Å². The molecule has 1 aromatic heterocycles. The van der Waals surface area contributed by atoms with Gasteiger partial charge in [-0.15, -0.1) is 0 Å². The predicted molar refractivity (Wildman–Crippen MR) is 102 cm³/mol. The Bertz CT molecular complexity index is 667. The molecule has 2 rings (SSSR count). The second kappa shape index (κ2) is 9.67. The Labute approximate surface area is 149 Å². The van der Waals surface area contributed by atoms with Gasteiger partial charge in [-0.25, -0.2) is 4.98 Å². The Morgan fingerprint density at radius 1 is 1.16 bits per heavy atom. The number of para-hydroxylation sites is 1. The number of nitrogens with zero attached hydrogens (tertiary/aromatic N) is 1. The van der Waals surface area contributed by atoms with E-state index < -0.39 is 0 Å². The van der Waals surface area contributed by atoms with E-state index >= 15 is 0 Å². The van der Waals surface area contributed by atoms with Gasteiger partial charge in [0.15, 0.2) is 0 Å². The summed E-state index contributed by atoms with van der Waals surface area (Å²) in [5, 5.41) is 6.21. The first kappa shape index (κ1) is 18.8. The number of methoxy groups -OCH3 is 1. The van der Waals surface area contributed by atoms with Gasteiger partial charge in [-0.3, -0.25) is 4.79 Å². The molecule has 0 atom stereocenters. The molecule has 25 heavy (non-hydrogen) atoms. The van der Waals surface area contributed by atoms with Crippen LogP contribution in [0.5, 0.6) is 5.75 Å². The van der Waals surface area contributed by atoms with Gasteiger partial charge in [-0.05, 0) is 43.0 Å². The topological polar surface area (TPSA) is 63.2 Å². The summed E-state index contributed by atoms with van der Waals surface area (Å²) in [5.41, 5.74) is 2.09. The summed E-state index contributed by atoms with van der Waals surface area (Å²) >= 11 is 0. The van der Waals surface area contributed by atoms with E-state index in [0.29, 0.717) is 5.82 Å². The maximum atomic E-state index is 12.1. The van der Waals surface area contributed by atoms with Crippen molar-refractivity contribution in [1.82, 2.24) is 4.98 Å². The standard InChI is InChI=1S/C20H27N3O2/c1-4-15(5-2)20(24)23-19-11-10-17(14-22-19)21-13-12-16-8-6-7-9-18(16)25-3/h6-11,14-15,21H,4-5,12-13H2,1-3H3,(H,22,23,24). The van der Waals surface area contributed by atoms with Gasteiger partial charge in [0.25, 0.3) is 0 Å². The van der Waals surface area contributed by atoms with Crippen molar-refractivity contribution in [2.75, 3.05) is 24.3 Å². The number of anilines is 2. The van der Waals surface area contributed by atoms with Crippen LogP contribution >= 0.6 is 0 Å². The van der Waals surface area contributed by atoms with E-state index in [9.17, 15) is 4.79 Å². The summed E-state index contributed by atoms with van der Waals surface area (Å²) in [6.45, 7) is 4.83. The van der Waals surface area contributed by atoms with Gasteiger partial charge in [0.1, 0.15) is 11.6 Å². The van der Waals surface area contributed by atoms with E-state index in [1.165, 1.54) is 5.56 Å². The van der Waals surface area contributed by atoms with Crippen molar-refractivity contribution in [3.63, 3.8) is 0 Å². The van der Waals surface area contributed by atoms with Gasteiger partial charge < -0.3 is 15.4 Å². The number of ether oxygens (including phenoxy) is 1. The molecule has 0 aliphatic heterocycles. The Morgan fingerprint density at radius 3 is 2.56 bits per heavy atom. The first-order chi connectivity index (χ1) is 12.2. The number of hydrogen-bond acceptors (Lipinski definition) is 4. The molecule has 0 unspecified atom stereocenters. The first-order valence-corrected chi connectivity index (χ1v) is 8.80. The zero-order valence-electron chi connectivity index (χ0n) is 15.2. The second-order valence-corrected chi connectivity index (χ2v) is 5.92. The smallest absolute Gasteiger partial charge is 0.228 e. The van der Waals surface area contributed by atoms with Crippen LogP contribution in [0.15, 0.2) is 42.6 Å². The molecule has 2 N–H and O–H groups in total. The fourth-order valence-electron chi connectivity index (χ4n) is 2.71. The largest absolute Gasteiger partial charge is 0.496 e. The fraction of sp³-hybridized carbons (Fsp3) is 0.400.